The Bertz CT molecular complexity index is 1330. The van der Waals surface area contributed by atoms with E-state index in [-0.39, 0.29) is 11.2 Å². The molecule has 0 atom stereocenters. The first-order chi connectivity index (χ1) is 15.2. The summed E-state index contributed by atoms with van der Waals surface area (Å²) in [7, 11) is 0. The van der Waals surface area contributed by atoms with Gasteiger partial charge in [0.2, 0.25) is 0 Å². The van der Waals surface area contributed by atoms with Crippen LogP contribution < -0.4 is 15.6 Å². The van der Waals surface area contributed by atoms with Crippen LogP contribution in [0.2, 0.25) is 0 Å². The maximum absolute atomic E-state index is 13.0. The number of alkyl halides is 3. The lowest BCUT2D eigenvalue weighted by atomic mass is 10.2. The van der Waals surface area contributed by atoms with Crippen LogP contribution in [-0.2, 0) is 6.54 Å². The predicted octanol–water partition coefficient (Wildman–Crippen LogP) is 4.97. The molecule has 0 unspecified atom stereocenters. The number of halogens is 3. The van der Waals surface area contributed by atoms with Crippen molar-refractivity contribution in [2.45, 2.75) is 19.8 Å². The number of benzene rings is 2. The summed E-state index contributed by atoms with van der Waals surface area (Å²) in [6, 6.07) is 14.3. The summed E-state index contributed by atoms with van der Waals surface area (Å²) < 4.78 is 42.1. The lowest BCUT2D eigenvalue weighted by Gasteiger charge is -2.09. The highest BCUT2D eigenvalue weighted by atomic mass is 32.1. The van der Waals surface area contributed by atoms with Crippen molar-refractivity contribution in [3.05, 3.63) is 87.3 Å². The first-order valence-electron chi connectivity index (χ1n) is 9.41. The van der Waals surface area contributed by atoms with Gasteiger partial charge >= 0.3 is 6.36 Å². The maximum atomic E-state index is 13.0. The summed E-state index contributed by atoms with van der Waals surface area (Å²) in [5, 5.41) is 2.99. The molecule has 1 amide bonds. The Labute approximate surface area is 183 Å². The molecule has 0 bridgehead atoms. The van der Waals surface area contributed by atoms with Crippen molar-refractivity contribution < 1.29 is 22.7 Å². The third-order valence-electron chi connectivity index (χ3n) is 4.67. The van der Waals surface area contributed by atoms with Crippen molar-refractivity contribution in [1.82, 2.24) is 9.55 Å². The molecule has 0 aliphatic rings. The molecule has 32 heavy (non-hydrogen) atoms. The highest BCUT2D eigenvalue weighted by molar-refractivity contribution is 7.20. The molecule has 10 heteroatoms. The van der Waals surface area contributed by atoms with Gasteiger partial charge in [0.25, 0.3) is 11.5 Å². The summed E-state index contributed by atoms with van der Waals surface area (Å²) in [6.45, 7) is 2.02. The summed E-state index contributed by atoms with van der Waals surface area (Å²) >= 11 is 1.08. The Morgan fingerprint density at radius 2 is 1.81 bits per heavy atom. The molecule has 2 aromatic heterocycles. The largest absolute Gasteiger partial charge is 0.573 e. The molecule has 0 aliphatic carbocycles. The number of nitrogens with one attached hydrogen (secondary N) is 1. The molecule has 4 rings (SSSR count). The number of fused-ring (bicyclic) bond motifs is 1. The number of rotatable bonds is 5. The van der Waals surface area contributed by atoms with Gasteiger partial charge in [0.1, 0.15) is 10.6 Å². The predicted molar refractivity (Wildman–Crippen MR) is 115 cm³/mol. The first kappa shape index (κ1) is 21.6. The van der Waals surface area contributed by atoms with Crippen LogP contribution in [0.5, 0.6) is 5.75 Å². The number of ether oxygens (including phenoxy) is 1. The smallest absolute Gasteiger partial charge is 0.406 e. The molecular weight excluding hydrogens is 443 g/mol. The zero-order valence-electron chi connectivity index (χ0n) is 16.6. The van der Waals surface area contributed by atoms with E-state index in [1.807, 2.05) is 30.3 Å². The van der Waals surface area contributed by atoms with Crippen LogP contribution >= 0.6 is 11.3 Å². The van der Waals surface area contributed by atoms with E-state index in [1.54, 1.807) is 6.92 Å². The molecule has 164 valence electrons. The minimum atomic E-state index is -4.79. The average molecular weight is 459 g/mol. The van der Waals surface area contributed by atoms with Crippen molar-refractivity contribution in [2.24, 2.45) is 0 Å². The molecule has 0 radical (unpaired) electrons. The highest BCUT2D eigenvalue weighted by Gasteiger charge is 2.31. The average Bonchev–Trinajstić information content (AvgIpc) is 3.08. The third-order valence-corrected chi connectivity index (χ3v) is 5.86. The topological polar surface area (TPSA) is 73.2 Å². The Kier molecular flexibility index (Phi) is 5.70. The molecular formula is C22H16F3N3O3S. The molecule has 0 spiro atoms. The molecule has 0 saturated heterocycles. The van der Waals surface area contributed by atoms with Gasteiger partial charge in [-0.2, -0.15) is 0 Å². The zero-order chi connectivity index (χ0) is 22.9. The fraction of sp³-hybridized carbons (Fsp3) is 0.136. The number of hydrogen-bond donors (Lipinski definition) is 1. The van der Waals surface area contributed by atoms with Crippen molar-refractivity contribution in [3.8, 4) is 5.75 Å². The second kappa shape index (κ2) is 8.46. The van der Waals surface area contributed by atoms with Gasteiger partial charge in [0, 0.05) is 5.69 Å². The van der Waals surface area contributed by atoms with Crippen LogP contribution in [0.25, 0.3) is 10.2 Å². The maximum Gasteiger partial charge on any atom is 0.573 e. The van der Waals surface area contributed by atoms with Gasteiger partial charge in [-0.15, -0.1) is 24.5 Å². The van der Waals surface area contributed by atoms with E-state index >= 15 is 0 Å². The molecule has 0 aliphatic heterocycles. The van der Waals surface area contributed by atoms with Gasteiger partial charge in [0.05, 0.1) is 23.1 Å². The molecule has 0 fully saturated rings. The van der Waals surface area contributed by atoms with Crippen LogP contribution in [0.3, 0.4) is 0 Å². The van der Waals surface area contributed by atoms with Crippen LogP contribution in [0.15, 0.2) is 65.7 Å². The van der Waals surface area contributed by atoms with Crippen LogP contribution in [0, 0.1) is 6.92 Å². The zero-order valence-corrected chi connectivity index (χ0v) is 17.5. The number of nitrogens with zero attached hydrogens (tertiary/aromatic N) is 2. The molecule has 2 heterocycles. The Morgan fingerprint density at radius 3 is 2.47 bits per heavy atom. The molecule has 2 aromatic carbocycles. The number of thiophene rings is 1. The number of carbonyl (C=O) groups is 1. The van der Waals surface area contributed by atoms with E-state index in [4.69, 9.17) is 0 Å². The van der Waals surface area contributed by atoms with Gasteiger partial charge in [-0.3, -0.25) is 14.2 Å². The van der Waals surface area contributed by atoms with Crippen LogP contribution in [-0.4, -0.2) is 21.8 Å². The quantitative estimate of drug-likeness (QED) is 0.458. The van der Waals surface area contributed by atoms with Crippen molar-refractivity contribution in [3.63, 3.8) is 0 Å². The summed E-state index contributed by atoms with van der Waals surface area (Å²) in [5.41, 5.74) is 1.48. The van der Waals surface area contributed by atoms with Gasteiger partial charge in [-0.05, 0) is 42.3 Å². The third kappa shape index (κ3) is 4.65. The minimum absolute atomic E-state index is 0.250. The van der Waals surface area contributed by atoms with Crippen molar-refractivity contribution in [1.29, 1.82) is 0 Å². The Morgan fingerprint density at radius 1 is 1.12 bits per heavy atom. The molecule has 6 nitrogen and oxygen atoms in total. The highest BCUT2D eigenvalue weighted by Crippen LogP contribution is 2.28. The number of aryl methyl sites for hydroxylation is 1. The molecule has 0 saturated carbocycles. The number of hydrogen-bond acceptors (Lipinski definition) is 5. The normalized spacial score (nSPS) is 11.5. The molecule has 1 N–H and O–H groups in total. The molecule has 4 aromatic rings. The lowest BCUT2D eigenvalue weighted by Crippen LogP contribution is -2.21. The summed E-state index contributed by atoms with van der Waals surface area (Å²) in [5.74, 6) is -0.874. The van der Waals surface area contributed by atoms with Gasteiger partial charge in [-0.1, -0.05) is 30.3 Å². The number of carbonyl (C=O) groups excluding carboxylic acids is 1. The fourth-order valence-electron chi connectivity index (χ4n) is 3.20. The van der Waals surface area contributed by atoms with Gasteiger partial charge in [-0.25, -0.2) is 4.98 Å². The Hall–Kier alpha value is -3.66. The van der Waals surface area contributed by atoms with Gasteiger partial charge < -0.3 is 10.1 Å². The lowest BCUT2D eigenvalue weighted by molar-refractivity contribution is -0.274. The van der Waals surface area contributed by atoms with E-state index in [1.165, 1.54) is 23.0 Å². The minimum Gasteiger partial charge on any atom is -0.406 e. The monoisotopic (exact) mass is 459 g/mol. The van der Waals surface area contributed by atoms with E-state index in [9.17, 15) is 22.8 Å². The van der Waals surface area contributed by atoms with Crippen LogP contribution in [0.4, 0.5) is 18.9 Å². The van der Waals surface area contributed by atoms with Crippen LogP contribution in [0.1, 0.15) is 20.8 Å². The Balaban J connectivity index is 1.58. The standard InChI is InChI=1S/C22H16F3N3O3S/c1-13-17-20(26-12-28(21(17)30)11-14-5-3-2-4-6-14)32-18(13)19(29)27-15-7-9-16(10-8-15)31-22(23,24)25/h2-10,12H,11H2,1H3,(H,27,29). The fourth-order valence-corrected chi connectivity index (χ4v) is 4.23. The second-order valence-electron chi connectivity index (χ2n) is 6.93. The number of anilines is 1. The van der Waals surface area contributed by atoms with Gasteiger partial charge in [0.15, 0.2) is 0 Å². The van der Waals surface area contributed by atoms with E-state index < -0.39 is 18.0 Å². The summed E-state index contributed by atoms with van der Waals surface area (Å²) in [4.78, 5) is 30.8. The first-order valence-corrected chi connectivity index (χ1v) is 10.2. The van der Waals surface area contributed by atoms with E-state index in [2.05, 4.69) is 15.0 Å². The van der Waals surface area contributed by atoms with Crippen molar-refractivity contribution >= 4 is 33.1 Å². The van der Waals surface area contributed by atoms with Crippen molar-refractivity contribution in [2.75, 3.05) is 5.32 Å². The number of aromatic nitrogens is 2. The SMILES string of the molecule is Cc1c(C(=O)Nc2ccc(OC(F)(F)F)cc2)sc2ncn(Cc3ccccc3)c(=O)c12. The number of amides is 1. The van der Waals surface area contributed by atoms with E-state index in [0.29, 0.717) is 27.2 Å². The van der Waals surface area contributed by atoms with E-state index in [0.717, 1.165) is 29.0 Å². The second-order valence-corrected chi connectivity index (χ2v) is 7.92. The summed E-state index contributed by atoms with van der Waals surface area (Å²) in [6.07, 6.45) is -3.34.